The zero-order valence-corrected chi connectivity index (χ0v) is 12.1. The number of hydrogen-bond acceptors (Lipinski definition) is 3. The fourth-order valence-corrected chi connectivity index (χ4v) is 1.97. The minimum Gasteiger partial charge on any atom is -0.435 e. The summed E-state index contributed by atoms with van der Waals surface area (Å²) in [6.45, 7) is -0.297. The summed E-state index contributed by atoms with van der Waals surface area (Å²) in [7, 11) is 0. The van der Waals surface area contributed by atoms with E-state index in [1.165, 1.54) is 12.1 Å². The highest BCUT2D eigenvalue weighted by Gasteiger charge is 2.08. The Balaban J connectivity index is 2.27. The molecule has 1 rings (SSSR count). The summed E-state index contributed by atoms with van der Waals surface area (Å²) in [5.74, 6) is 0.0666. The van der Waals surface area contributed by atoms with Gasteiger partial charge in [0, 0.05) is 19.0 Å². The molecule has 0 saturated carbocycles. The van der Waals surface area contributed by atoms with Gasteiger partial charge in [-0.2, -0.15) is 8.78 Å². The van der Waals surface area contributed by atoms with E-state index in [0.29, 0.717) is 19.4 Å². The van der Waals surface area contributed by atoms with Crippen LogP contribution in [0.25, 0.3) is 0 Å². The molecule has 4 nitrogen and oxygen atoms in total. The normalized spacial score (nSPS) is 12.2. The Morgan fingerprint density at radius 2 is 2.00 bits per heavy atom. The second-order valence-electron chi connectivity index (χ2n) is 4.88. The SMILES string of the molecule is CCCC(N)CC(=O)NCCc1ccc(OC(F)F)cc1. The lowest BCUT2D eigenvalue weighted by Gasteiger charge is -2.10. The first-order valence-electron chi connectivity index (χ1n) is 7.07. The van der Waals surface area contributed by atoms with E-state index < -0.39 is 6.61 Å². The van der Waals surface area contributed by atoms with Crippen LogP contribution < -0.4 is 15.8 Å². The van der Waals surface area contributed by atoms with Gasteiger partial charge in [-0.05, 0) is 30.5 Å². The number of ether oxygens (including phenoxy) is 1. The van der Waals surface area contributed by atoms with Gasteiger partial charge in [-0.3, -0.25) is 4.79 Å². The van der Waals surface area contributed by atoms with Crippen LogP contribution in [0, 0.1) is 0 Å². The van der Waals surface area contributed by atoms with E-state index in [4.69, 9.17) is 5.73 Å². The first-order valence-corrected chi connectivity index (χ1v) is 7.07. The van der Waals surface area contributed by atoms with Crippen LogP contribution in [-0.4, -0.2) is 25.1 Å². The van der Waals surface area contributed by atoms with Crippen LogP contribution >= 0.6 is 0 Å². The Kier molecular flexibility index (Phi) is 7.68. The van der Waals surface area contributed by atoms with E-state index in [0.717, 1.165) is 18.4 Å². The number of halogens is 2. The zero-order valence-electron chi connectivity index (χ0n) is 12.1. The topological polar surface area (TPSA) is 64.4 Å². The second-order valence-corrected chi connectivity index (χ2v) is 4.88. The van der Waals surface area contributed by atoms with Gasteiger partial charge >= 0.3 is 6.61 Å². The molecule has 21 heavy (non-hydrogen) atoms. The molecule has 0 radical (unpaired) electrons. The van der Waals surface area contributed by atoms with Crippen molar-refractivity contribution in [2.75, 3.05) is 6.54 Å². The molecular formula is C15H22F2N2O2. The Hall–Kier alpha value is -1.69. The van der Waals surface area contributed by atoms with Crippen molar-refractivity contribution in [1.29, 1.82) is 0 Å². The molecule has 1 aromatic rings. The predicted molar refractivity (Wildman–Crippen MR) is 77.3 cm³/mol. The standard InChI is InChI=1S/C15H22F2N2O2/c1-2-3-12(18)10-14(20)19-9-8-11-4-6-13(7-5-11)21-15(16)17/h4-7,12,15H,2-3,8-10,18H2,1H3,(H,19,20). The number of hydrogen-bond donors (Lipinski definition) is 2. The maximum absolute atomic E-state index is 12.0. The Labute approximate surface area is 123 Å². The van der Waals surface area contributed by atoms with E-state index in [1.807, 2.05) is 6.92 Å². The van der Waals surface area contributed by atoms with Crippen molar-refractivity contribution in [3.05, 3.63) is 29.8 Å². The minimum absolute atomic E-state index is 0.0615. The fourth-order valence-electron chi connectivity index (χ4n) is 1.97. The number of nitrogens with one attached hydrogen (secondary N) is 1. The van der Waals surface area contributed by atoms with E-state index in [9.17, 15) is 13.6 Å². The summed E-state index contributed by atoms with van der Waals surface area (Å²) in [6.07, 6.45) is 2.75. The Morgan fingerprint density at radius 3 is 2.57 bits per heavy atom. The van der Waals surface area contributed by atoms with Crippen molar-refractivity contribution < 1.29 is 18.3 Å². The van der Waals surface area contributed by atoms with Crippen molar-refractivity contribution in [3.63, 3.8) is 0 Å². The molecule has 0 fully saturated rings. The van der Waals surface area contributed by atoms with E-state index in [-0.39, 0.29) is 17.7 Å². The maximum atomic E-state index is 12.0. The highest BCUT2D eigenvalue weighted by molar-refractivity contribution is 5.76. The predicted octanol–water partition coefficient (Wildman–Crippen LogP) is 2.46. The highest BCUT2D eigenvalue weighted by Crippen LogP contribution is 2.14. The second kappa shape index (κ2) is 9.28. The third-order valence-electron chi connectivity index (χ3n) is 2.99. The fraction of sp³-hybridized carbons (Fsp3) is 0.533. The van der Waals surface area contributed by atoms with Gasteiger partial charge in [0.1, 0.15) is 5.75 Å². The Bertz CT molecular complexity index is 424. The molecule has 0 saturated heterocycles. The first kappa shape index (κ1) is 17.4. The van der Waals surface area contributed by atoms with Crippen LogP contribution in [0.1, 0.15) is 31.7 Å². The lowest BCUT2D eigenvalue weighted by Crippen LogP contribution is -2.32. The van der Waals surface area contributed by atoms with Gasteiger partial charge in [0.05, 0.1) is 0 Å². The third-order valence-corrected chi connectivity index (χ3v) is 2.99. The number of carbonyl (C=O) groups excluding carboxylic acids is 1. The summed E-state index contributed by atoms with van der Waals surface area (Å²) < 4.78 is 28.2. The molecule has 0 spiro atoms. The molecule has 0 aliphatic heterocycles. The number of amides is 1. The molecule has 3 N–H and O–H groups in total. The third kappa shape index (κ3) is 7.60. The summed E-state index contributed by atoms with van der Waals surface area (Å²) in [5.41, 5.74) is 6.73. The van der Waals surface area contributed by atoms with Crippen LogP contribution in [0.2, 0.25) is 0 Å². The van der Waals surface area contributed by atoms with Gasteiger partial charge in [0.15, 0.2) is 0 Å². The van der Waals surface area contributed by atoms with Crippen molar-refractivity contribution in [2.45, 2.75) is 45.3 Å². The molecule has 0 aromatic heterocycles. The number of nitrogens with two attached hydrogens (primary N) is 1. The minimum atomic E-state index is -2.82. The van der Waals surface area contributed by atoms with Crippen molar-refractivity contribution in [3.8, 4) is 5.75 Å². The highest BCUT2D eigenvalue weighted by atomic mass is 19.3. The van der Waals surface area contributed by atoms with Crippen LogP contribution in [-0.2, 0) is 11.2 Å². The van der Waals surface area contributed by atoms with Gasteiger partial charge in [-0.25, -0.2) is 0 Å². The number of rotatable bonds is 9. The largest absolute Gasteiger partial charge is 0.435 e. The van der Waals surface area contributed by atoms with Crippen LogP contribution in [0.3, 0.4) is 0 Å². The van der Waals surface area contributed by atoms with E-state index in [2.05, 4.69) is 10.1 Å². The monoisotopic (exact) mass is 300 g/mol. The van der Waals surface area contributed by atoms with Gasteiger partial charge < -0.3 is 15.8 Å². The smallest absolute Gasteiger partial charge is 0.387 e. The average Bonchev–Trinajstić information content (AvgIpc) is 2.40. The summed E-state index contributed by atoms with van der Waals surface area (Å²) in [6, 6.07) is 6.28. The van der Waals surface area contributed by atoms with Crippen LogP contribution in [0.15, 0.2) is 24.3 Å². The lowest BCUT2D eigenvalue weighted by atomic mass is 10.1. The summed E-state index contributed by atoms with van der Waals surface area (Å²) in [5, 5.41) is 2.80. The Morgan fingerprint density at radius 1 is 1.33 bits per heavy atom. The van der Waals surface area contributed by atoms with Crippen molar-refractivity contribution >= 4 is 5.91 Å². The quantitative estimate of drug-likeness (QED) is 0.736. The van der Waals surface area contributed by atoms with Gasteiger partial charge in [-0.15, -0.1) is 0 Å². The number of benzene rings is 1. The molecule has 0 bridgehead atoms. The van der Waals surface area contributed by atoms with Crippen LogP contribution in [0.4, 0.5) is 8.78 Å². The van der Waals surface area contributed by atoms with Crippen LogP contribution in [0.5, 0.6) is 5.75 Å². The summed E-state index contributed by atoms with van der Waals surface area (Å²) in [4.78, 5) is 11.6. The number of carbonyl (C=O) groups is 1. The zero-order chi connectivity index (χ0) is 15.7. The molecule has 118 valence electrons. The van der Waals surface area contributed by atoms with E-state index >= 15 is 0 Å². The molecule has 0 aliphatic carbocycles. The molecule has 1 aromatic carbocycles. The average molecular weight is 300 g/mol. The van der Waals surface area contributed by atoms with E-state index in [1.54, 1.807) is 12.1 Å². The summed E-state index contributed by atoms with van der Waals surface area (Å²) >= 11 is 0. The van der Waals surface area contributed by atoms with Gasteiger partial charge in [0.25, 0.3) is 0 Å². The van der Waals surface area contributed by atoms with Crippen molar-refractivity contribution in [2.24, 2.45) is 5.73 Å². The molecule has 0 heterocycles. The molecule has 6 heteroatoms. The van der Waals surface area contributed by atoms with Gasteiger partial charge in [0.2, 0.25) is 5.91 Å². The maximum Gasteiger partial charge on any atom is 0.387 e. The number of alkyl halides is 2. The molecule has 1 amide bonds. The molecular weight excluding hydrogens is 278 g/mol. The first-order chi connectivity index (χ1) is 10.0. The molecule has 1 unspecified atom stereocenters. The van der Waals surface area contributed by atoms with Crippen molar-refractivity contribution in [1.82, 2.24) is 5.32 Å². The molecule has 1 atom stereocenters. The molecule has 0 aliphatic rings. The lowest BCUT2D eigenvalue weighted by molar-refractivity contribution is -0.121. The van der Waals surface area contributed by atoms with Gasteiger partial charge in [-0.1, -0.05) is 25.5 Å².